The third-order valence-electron chi connectivity index (χ3n) is 5.38. The van der Waals surface area contributed by atoms with E-state index in [1.807, 2.05) is 0 Å². The maximum Gasteiger partial charge on any atom is 0.246 e. The molecule has 7 nitrogen and oxygen atoms in total. The molecule has 144 valence electrons. The Morgan fingerprint density at radius 2 is 1.72 bits per heavy atom. The van der Waals surface area contributed by atoms with Crippen LogP contribution in [0.4, 0.5) is 0 Å². The first-order chi connectivity index (χ1) is 11.5. The van der Waals surface area contributed by atoms with Crippen molar-refractivity contribution >= 4 is 34.7 Å². The highest BCUT2D eigenvalue weighted by molar-refractivity contribution is 8.93. The number of likely N-dealkylation sites (tertiary alicyclic amines) is 1. The van der Waals surface area contributed by atoms with Crippen molar-refractivity contribution in [3.8, 4) is 0 Å². The molecule has 1 aliphatic heterocycles. The van der Waals surface area contributed by atoms with Crippen LogP contribution in [-0.4, -0.2) is 54.3 Å². The topological polar surface area (TPSA) is 105 Å². The van der Waals surface area contributed by atoms with E-state index < -0.39 is 18.0 Å². The number of carbonyl (C=O) groups excluding carboxylic acids is 3. The summed E-state index contributed by atoms with van der Waals surface area (Å²) in [5, 5.41) is 5.83. The van der Waals surface area contributed by atoms with Gasteiger partial charge in [0.15, 0.2) is 0 Å². The Hall–Kier alpha value is -1.15. The standard InChI is InChI=1S/C17H30N4O3.BrH/c1-11(19-2)16(23)20-14(12-7-4-3-5-8-12)17(24)21-10-6-9-13(21)15(18)22;/h11-14,19H,3-10H2,1-2H3,(H2,18,22)(H,20,23);1H/t11-,13?,14-;/m0./s1. The van der Waals surface area contributed by atoms with Crippen molar-refractivity contribution in [2.24, 2.45) is 11.7 Å². The van der Waals surface area contributed by atoms with Crippen molar-refractivity contribution in [3.05, 3.63) is 0 Å². The number of halogens is 1. The van der Waals surface area contributed by atoms with Crippen molar-refractivity contribution in [2.45, 2.75) is 70.0 Å². The van der Waals surface area contributed by atoms with E-state index in [9.17, 15) is 14.4 Å². The van der Waals surface area contributed by atoms with Crippen molar-refractivity contribution < 1.29 is 14.4 Å². The molecule has 2 fully saturated rings. The normalized spacial score (nSPS) is 23.4. The molecular weight excluding hydrogens is 388 g/mol. The number of carbonyl (C=O) groups is 3. The van der Waals surface area contributed by atoms with Gasteiger partial charge in [0.25, 0.3) is 0 Å². The predicted octanol–water partition coefficient (Wildman–Crippen LogP) is 0.714. The maximum absolute atomic E-state index is 13.1. The number of primary amides is 1. The molecule has 3 amide bonds. The molecule has 1 unspecified atom stereocenters. The zero-order valence-corrected chi connectivity index (χ0v) is 16.8. The predicted molar refractivity (Wildman–Crippen MR) is 101 cm³/mol. The molecular formula is C17H31BrN4O3. The zero-order chi connectivity index (χ0) is 17.7. The molecule has 1 saturated heterocycles. The molecule has 2 aliphatic rings. The Morgan fingerprint density at radius 3 is 2.28 bits per heavy atom. The van der Waals surface area contributed by atoms with E-state index in [0.29, 0.717) is 13.0 Å². The van der Waals surface area contributed by atoms with Gasteiger partial charge in [0.1, 0.15) is 12.1 Å². The summed E-state index contributed by atoms with van der Waals surface area (Å²) in [7, 11) is 1.71. The fourth-order valence-corrected chi connectivity index (χ4v) is 3.76. The molecule has 3 atom stereocenters. The van der Waals surface area contributed by atoms with E-state index >= 15 is 0 Å². The highest BCUT2D eigenvalue weighted by Crippen LogP contribution is 2.29. The minimum Gasteiger partial charge on any atom is -0.368 e. The molecule has 25 heavy (non-hydrogen) atoms. The van der Waals surface area contributed by atoms with Gasteiger partial charge in [0.2, 0.25) is 17.7 Å². The van der Waals surface area contributed by atoms with E-state index in [2.05, 4.69) is 10.6 Å². The summed E-state index contributed by atoms with van der Waals surface area (Å²) in [6, 6.07) is -1.47. The average Bonchev–Trinajstić information content (AvgIpc) is 3.09. The number of hydrogen-bond donors (Lipinski definition) is 3. The highest BCUT2D eigenvalue weighted by Gasteiger charge is 2.40. The van der Waals surface area contributed by atoms with E-state index in [-0.39, 0.29) is 40.8 Å². The minimum absolute atomic E-state index is 0. The van der Waals surface area contributed by atoms with Gasteiger partial charge in [-0.2, -0.15) is 0 Å². The second-order valence-electron chi connectivity index (χ2n) is 6.99. The van der Waals surface area contributed by atoms with Gasteiger partial charge in [-0.1, -0.05) is 19.3 Å². The molecule has 1 heterocycles. The fraction of sp³-hybridized carbons (Fsp3) is 0.824. The lowest BCUT2D eigenvalue weighted by atomic mass is 9.83. The Labute approximate surface area is 160 Å². The molecule has 1 saturated carbocycles. The Bertz CT molecular complexity index is 483. The second-order valence-corrected chi connectivity index (χ2v) is 6.99. The number of nitrogens with zero attached hydrogens (tertiary/aromatic N) is 1. The van der Waals surface area contributed by atoms with Gasteiger partial charge in [0.05, 0.1) is 6.04 Å². The van der Waals surface area contributed by atoms with Crippen LogP contribution >= 0.6 is 17.0 Å². The molecule has 4 N–H and O–H groups in total. The number of amides is 3. The molecule has 2 rings (SSSR count). The van der Waals surface area contributed by atoms with Gasteiger partial charge in [-0.05, 0) is 45.6 Å². The van der Waals surface area contributed by atoms with Crippen molar-refractivity contribution in [3.63, 3.8) is 0 Å². The summed E-state index contributed by atoms with van der Waals surface area (Å²) < 4.78 is 0. The summed E-state index contributed by atoms with van der Waals surface area (Å²) >= 11 is 0. The van der Waals surface area contributed by atoms with Crippen LogP contribution in [0.25, 0.3) is 0 Å². The monoisotopic (exact) mass is 418 g/mol. The van der Waals surface area contributed by atoms with Gasteiger partial charge < -0.3 is 21.3 Å². The SMILES string of the molecule is Br.CN[C@@H](C)C(=O)N[C@H](C(=O)N1CCCC1C(N)=O)C1CCCCC1. The molecule has 0 radical (unpaired) electrons. The van der Waals surface area contributed by atoms with Crippen LogP contribution in [-0.2, 0) is 14.4 Å². The first-order valence-electron chi connectivity index (χ1n) is 9.03. The Morgan fingerprint density at radius 1 is 1.08 bits per heavy atom. The number of rotatable bonds is 6. The third kappa shape index (κ3) is 5.41. The molecule has 0 aromatic heterocycles. The fourth-order valence-electron chi connectivity index (χ4n) is 3.76. The molecule has 1 aliphatic carbocycles. The minimum atomic E-state index is -0.562. The van der Waals surface area contributed by atoms with Crippen molar-refractivity contribution in [2.75, 3.05) is 13.6 Å². The quantitative estimate of drug-likeness (QED) is 0.590. The average molecular weight is 419 g/mol. The zero-order valence-electron chi connectivity index (χ0n) is 15.1. The van der Waals surface area contributed by atoms with Crippen molar-refractivity contribution in [1.82, 2.24) is 15.5 Å². The van der Waals surface area contributed by atoms with E-state index in [0.717, 1.165) is 32.1 Å². The Kier molecular flexibility index (Phi) is 8.85. The largest absolute Gasteiger partial charge is 0.368 e. The van der Waals surface area contributed by atoms with Crippen LogP contribution in [0, 0.1) is 5.92 Å². The van der Waals surface area contributed by atoms with Gasteiger partial charge in [-0.3, -0.25) is 14.4 Å². The molecule has 0 aromatic carbocycles. The second kappa shape index (κ2) is 10.1. The number of nitrogens with two attached hydrogens (primary N) is 1. The van der Waals surface area contributed by atoms with E-state index in [1.165, 1.54) is 6.42 Å². The van der Waals surface area contributed by atoms with Crippen LogP contribution in [0.1, 0.15) is 51.9 Å². The van der Waals surface area contributed by atoms with Crippen LogP contribution in [0.2, 0.25) is 0 Å². The lowest BCUT2D eigenvalue weighted by Crippen LogP contribution is -2.57. The lowest BCUT2D eigenvalue weighted by molar-refractivity contribution is -0.142. The summed E-state index contributed by atoms with van der Waals surface area (Å²) in [4.78, 5) is 38.6. The summed E-state index contributed by atoms with van der Waals surface area (Å²) in [5.41, 5.74) is 5.45. The maximum atomic E-state index is 13.1. The number of likely N-dealkylation sites (N-methyl/N-ethyl adjacent to an activating group) is 1. The van der Waals surface area contributed by atoms with Crippen LogP contribution < -0.4 is 16.4 Å². The smallest absolute Gasteiger partial charge is 0.246 e. The van der Waals surface area contributed by atoms with Gasteiger partial charge in [-0.15, -0.1) is 17.0 Å². The van der Waals surface area contributed by atoms with Crippen LogP contribution in [0.5, 0.6) is 0 Å². The molecule has 0 bridgehead atoms. The first-order valence-corrected chi connectivity index (χ1v) is 9.03. The number of nitrogens with one attached hydrogen (secondary N) is 2. The van der Waals surface area contributed by atoms with Crippen LogP contribution in [0.3, 0.4) is 0 Å². The van der Waals surface area contributed by atoms with Crippen LogP contribution in [0.15, 0.2) is 0 Å². The summed E-state index contributed by atoms with van der Waals surface area (Å²) in [6.07, 6.45) is 6.57. The summed E-state index contributed by atoms with van der Waals surface area (Å²) in [6.45, 7) is 2.30. The third-order valence-corrected chi connectivity index (χ3v) is 5.38. The lowest BCUT2D eigenvalue weighted by Gasteiger charge is -2.34. The number of hydrogen-bond acceptors (Lipinski definition) is 4. The van der Waals surface area contributed by atoms with Gasteiger partial charge >= 0.3 is 0 Å². The highest BCUT2D eigenvalue weighted by atomic mass is 79.9. The summed E-state index contributed by atoms with van der Waals surface area (Å²) in [5.74, 6) is -0.664. The Balaban J connectivity index is 0.00000312. The molecule has 0 aromatic rings. The van der Waals surface area contributed by atoms with Gasteiger partial charge in [-0.25, -0.2) is 0 Å². The van der Waals surface area contributed by atoms with E-state index in [4.69, 9.17) is 5.73 Å². The van der Waals surface area contributed by atoms with E-state index in [1.54, 1.807) is 18.9 Å². The van der Waals surface area contributed by atoms with Gasteiger partial charge in [0, 0.05) is 6.54 Å². The molecule has 0 spiro atoms. The molecule has 8 heteroatoms. The van der Waals surface area contributed by atoms with Crippen molar-refractivity contribution in [1.29, 1.82) is 0 Å². The first kappa shape index (κ1) is 21.9.